The summed E-state index contributed by atoms with van der Waals surface area (Å²) in [5.74, 6) is 0. The lowest BCUT2D eigenvalue weighted by Gasteiger charge is -2.11. The van der Waals surface area contributed by atoms with Crippen LogP contribution in [0.15, 0.2) is 23.1 Å². The lowest BCUT2D eigenvalue weighted by molar-refractivity contribution is -0.139. The Morgan fingerprint density at radius 2 is 1.81 bits per heavy atom. The fraction of sp³-hybridized carbons (Fsp3) is 0.222. The molecule has 0 aliphatic carbocycles. The largest absolute Gasteiger partial charge is 0.417 e. The molecule has 0 bridgehead atoms. The van der Waals surface area contributed by atoms with Gasteiger partial charge in [0.1, 0.15) is 6.29 Å². The van der Waals surface area contributed by atoms with Gasteiger partial charge in [0.2, 0.25) is 0 Å². The van der Waals surface area contributed by atoms with Gasteiger partial charge in [-0.25, -0.2) is 8.42 Å². The Balaban J connectivity index is 3.58. The van der Waals surface area contributed by atoms with E-state index in [1.54, 1.807) is 0 Å². The number of sulfone groups is 1. The van der Waals surface area contributed by atoms with E-state index in [-0.39, 0.29) is 11.8 Å². The Hall–Kier alpha value is -1.37. The van der Waals surface area contributed by atoms with E-state index in [0.717, 1.165) is 12.1 Å². The van der Waals surface area contributed by atoms with Crippen molar-refractivity contribution in [3.8, 4) is 0 Å². The third-order valence-corrected chi connectivity index (χ3v) is 3.00. The molecule has 3 nitrogen and oxygen atoms in total. The quantitative estimate of drug-likeness (QED) is 0.755. The molecule has 1 rings (SSSR count). The van der Waals surface area contributed by atoms with E-state index in [1.165, 1.54) is 0 Å². The molecule has 1 aromatic rings. The maximum Gasteiger partial charge on any atom is 0.417 e. The highest BCUT2D eigenvalue weighted by Crippen LogP contribution is 2.34. The second kappa shape index (κ2) is 3.89. The Morgan fingerprint density at radius 1 is 1.25 bits per heavy atom. The number of halogens is 3. The minimum Gasteiger partial charge on any atom is -0.298 e. The highest BCUT2D eigenvalue weighted by molar-refractivity contribution is 7.90. The SMILES string of the molecule is CS(=O)(=O)c1ccc(C=O)cc1C(F)(F)F. The summed E-state index contributed by atoms with van der Waals surface area (Å²) in [6, 6.07) is 2.32. The molecule has 0 heterocycles. The fourth-order valence-electron chi connectivity index (χ4n) is 1.17. The van der Waals surface area contributed by atoms with Crippen molar-refractivity contribution in [3.63, 3.8) is 0 Å². The van der Waals surface area contributed by atoms with Gasteiger partial charge in [-0.2, -0.15) is 13.2 Å². The van der Waals surface area contributed by atoms with Gasteiger partial charge in [0.25, 0.3) is 0 Å². The minimum atomic E-state index is -4.81. The van der Waals surface area contributed by atoms with Crippen LogP contribution in [-0.2, 0) is 16.0 Å². The van der Waals surface area contributed by atoms with Crippen molar-refractivity contribution in [1.82, 2.24) is 0 Å². The smallest absolute Gasteiger partial charge is 0.298 e. The van der Waals surface area contributed by atoms with Gasteiger partial charge in [-0.05, 0) is 12.1 Å². The molecule has 0 N–H and O–H groups in total. The molecule has 0 fully saturated rings. The number of alkyl halides is 3. The van der Waals surface area contributed by atoms with Crippen LogP contribution in [0.3, 0.4) is 0 Å². The fourth-order valence-corrected chi connectivity index (χ4v) is 2.06. The molecular weight excluding hydrogens is 245 g/mol. The standard InChI is InChI=1S/C9H7F3O3S/c1-16(14,15)8-3-2-6(5-13)4-7(8)9(10,11)12/h2-5H,1H3. The van der Waals surface area contributed by atoms with E-state index in [9.17, 15) is 26.4 Å². The van der Waals surface area contributed by atoms with Gasteiger partial charge in [-0.3, -0.25) is 4.79 Å². The molecule has 88 valence electrons. The first-order chi connectivity index (χ1) is 7.16. The molecule has 0 aromatic heterocycles. The summed E-state index contributed by atoms with van der Waals surface area (Å²) in [6.45, 7) is 0. The third-order valence-electron chi connectivity index (χ3n) is 1.84. The Bertz CT molecular complexity index is 517. The zero-order valence-electron chi connectivity index (χ0n) is 8.08. The number of rotatable bonds is 2. The van der Waals surface area contributed by atoms with Gasteiger partial charge in [-0.1, -0.05) is 6.07 Å². The predicted octanol–water partition coefficient (Wildman–Crippen LogP) is 1.92. The molecule has 0 radical (unpaired) electrons. The maximum atomic E-state index is 12.5. The average molecular weight is 252 g/mol. The van der Waals surface area contributed by atoms with E-state index < -0.39 is 26.5 Å². The zero-order valence-corrected chi connectivity index (χ0v) is 8.89. The second-order valence-electron chi connectivity index (χ2n) is 3.14. The number of carbonyl (C=O) groups is 1. The van der Waals surface area contributed by atoms with E-state index >= 15 is 0 Å². The van der Waals surface area contributed by atoms with Gasteiger partial charge in [-0.15, -0.1) is 0 Å². The first-order valence-corrected chi connectivity index (χ1v) is 5.92. The van der Waals surface area contributed by atoms with Gasteiger partial charge < -0.3 is 0 Å². The minimum absolute atomic E-state index is 0.222. The van der Waals surface area contributed by atoms with E-state index in [2.05, 4.69) is 0 Å². The average Bonchev–Trinajstić information content (AvgIpc) is 2.14. The van der Waals surface area contributed by atoms with Crippen molar-refractivity contribution < 1.29 is 26.4 Å². The molecule has 1 aromatic carbocycles. The van der Waals surface area contributed by atoms with Crippen LogP contribution in [0.25, 0.3) is 0 Å². The molecule has 7 heteroatoms. The van der Waals surface area contributed by atoms with E-state index in [1.807, 2.05) is 0 Å². The van der Waals surface area contributed by atoms with Crippen LogP contribution in [0.5, 0.6) is 0 Å². The molecular formula is C9H7F3O3S. The van der Waals surface area contributed by atoms with Crippen molar-refractivity contribution in [1.29, 1.82) is 0 Å². The lowest BCUT2D eigenvalue weighted by atomic mass is 10.1. The molecule has 0 aliphatic heterocycles. The van der Waals surface area contributed by atoms with Gasteiger partial charge in [0.15, 0.2) is 9.84 Å². The third kappa shape index (κ3) is 2.60. The number of aldehydes is 1. The van der Waals surface area contributed by atoms with E-state index in [4.69, 9.17) is 0 Å². The van der Waals surface area contributed by atoms with E-state index in [0.29, 0.717) is 12.3 Å². The van der Waals surface area contributed by atoms with Gasteiger partial charge in [0, 0.05) is 11.8 Å². The lowest BCUT2D eigenvalue weighted by Crippen LogP contribution is -2.13. The first kappa shape index (κ1) is 12.7. The number of hydrogen-bond donors (Lipinski definition) is 0. The van der Waals surface area contributed by atoms with Gasteiger partial charge in [0.05, 0.1) is 10.5 Å². The summed E-state index contributed by atoms with van der Waals surface area (Å²) in [7, 11) is -3.98. The van der Waals surface area contributed by atoms with Crippen LogP contribution < -0.4 is 0 Å². The Labute approximate surface area is 89.8 Å². The van der Waals surface area contributed by atoms with Crippen LogP contribution in [-0.4, -0.2) is 21.0 Å². The van der Waals surface area contributed by atoms with Crippen LogP contribution in [0, 0.1) is 0 Å². The molecule has 0 saturated heterocycles. The first-order valence-electron chi connectivity index (χ1n) is 4.03. The molecule has 0 aliphatic rings. The summed E-state index contributed by atoms with van der Waals surface area (Å²) in [6.07, 6.45) is -3.91. The normalized spacial score (nSPS) is 12.5. The second-order valence-corrected chi connectivity index (χ2v) is 5.13. The molecule has 0 saturated carbocycles. The summed E-state index contributed by atoms with van der Waals surface area (Å²) < 4.78 is 59.8. The molecule has 0 amide bonds. The summed E-state index contributed by atoms with van der Waals surface area (Å²) in [4.78, 5) is 9.50. The number of hydrogen-bond acceptors (Lipinski definition) is 3. The van der Waals surface area contributed by atoms with Crippen molar-refractivity contribution >= 4 is 16.1 Å². The number of carbonyl (C=O) groups excluding carboxylic acids is 1. The zero-order chi connectivity index (χ0) is 12.6. The highest BCUT2D eigenvalue weighted by Gasteiger charge is 2.36. The summed E-state index contributed by atoms with van der Waals surface area (Å²) in [5, 5.41) is 0. The van der Waals surface area contributed by atoms with Crippen molar-refractivity contribution in [2.75, 3.05) is 6.26 Å². The Morgan fingerprint density at radius 3 is 2.19 bits per heavy atom. The molecule has 0 unspecified atom stereocenters. The van der Waals surface area contributed by atoms with Crippen molar-refractivity contribution in [2.45, 2.75) is 11.1 Å². The topological polar surface area (TPSA) is 51.2 Å². The summed E-state index contributed by atoms with van der Waals surface area (Å²) >= 11 is 0. The van der Waals surface area contributed by atoms with Crippen LogP contribution in [0.4, 0.5) is 13.2 Å². The monoisotopic (exact) mass is 252 g/mol. The molecule has 0 atom stereocenters. The molecule has 16 heavy (non-hydrogen) atoms. The van der Waals surface area contributed by atoms with Crippen molar-refractivity contribution in [2.24, 2.45) is 0 Å². The predicted molar refractivity (Wildman–Crippen MR) is 49.9 cm³/mol. The highest BCUT2D eigenvalue weighted by atomic mass is 32.2. The van der Waals surface area contributed by atoms with Crippen LogP contribution >= 0.6 is 0 Å². The maximum absolute atomic E-state index is 12.5. The van der Waals surface area contributed by atoms with Crippen molar-refractivity contribution in [3.05, 3.63) is 29.3 Å². The van der Waals surface area contributed by atoms with Gasteiger partial charge >= 0.3 is 6.18 Å². The van der Waals surface area contributed by atoms with Crippen LogP contribution in [0.2, 0.25) is 0 Å². The summed E-state index contributed by atoms with van der Waals surface area (Å²) in [5.41, 5.74) is -1.54. The van der Waals surface area contributed by atoms with Crippen LogP contribution in [0.1, 0.15) is 15.9 Å². The number of benzene rings is 1. The molecule has 0 spiro atoms. The Kier molecular flexibility index (Phi) is 3.09.